The highest BCUT2D eigenvalue weighted by molar-refractivity contribution is 5.73. The van der Waals surface area contributed by atoms with Crippen LogP contribution < -0.4 is 4.90 Å². The summed E-state index contributed by atoms with van der Waals surface area (Å²) >= 11 is 0. The average molecular weight is 672 g/mol. The van der Waals surface area contributed by atoms with Crippen LogP contribution in [0.2, 0.25) is 0 Å². The molecule has 0 spiro atoms. The highest BCUT2D eigenvalue weighted by Crippen LogP contribution is 2.24. The van der Waals surface area contributed by atoms with Crippen LogP contribution in [0.1, 0.15) is 22.6 Å². The summed E-state index contributed by atoms with van der Waals surface area (Å²) in [6.07, 6.45) is -13.4. The zero-order chi connectivity index (χ0) is 35.3. The lowest BCUT2D eigenvalue weighted by Gasteiger charge is -2.25. The summed E-state index contributed by atoms with van der Waals surface area (Å²) in [4.78, 5) is 38.4. The third-order valence-corrected chi connectivity index (χ3v) is 5.35. The van der Waals surface area contributed by atoms with E-state index in [1.54, 1.807) is 0 Å². The molecule has 0 bridgehead atoms. The first-order chi connectivity index (χ1) is 20.4. The number of pyridine rings is 1. The molecule has 0 fully saturated rings. The minimum absolute atomic E-state index is 0.872. The molecule has 0 aliphatic carbocycles. The second-order valence-electron chi connectivity index (χ2n) is 9.20. The summed E-state index contributed by atoms with van der Waals surface area (Å²) in [5, 5.41) is 25.5. The maximum atomic E-state index is 10.6. The van der Waals surface area contributed by atoms with Crippen LogP contribution in [-0.4, -0.2) is 112 Å². The molecule has 1 aliphatic rings. The number of aliphatic carboxylic acids is 3. The van der Waals surface area contributed by atoms with Crippen molar-refractivity contribution in [2.75, 3.05) is 45.2 Å². The van der Waals surface area contributed by atoms with Gasteiger partial charge in [0.15, 0.2) is 0 Å². The van der Waals surface area contributed by atoms with Gasteiger partial charge in [-0.3, -0.25) is 4.90 Å². The van der Waals surface area contributed by atoms with Gasteiger partial charge in [-0.05, 0) is 34.0 Å². The Labute approximate surface area is 249 Å². The standard InChI is InChI=1S/C18H27N5O.3C2HF3O2/c1-14-17(15(2)24-20-14)13-22-9-11-23(10-8-21(3)4)18-16(12-22)6-5-7-19-18;3*3-2(4,5)1(6)7/h5-7H,8-13H2,1-4H3;3*(H,6,7). The fourth-order valence-electron chi connectivity index (χ4n) is 3.15. The number of aromatic nitrogens is 2. The van der Waals surface area contributed by atoms with Crippen LogP contribution in [0.4, 0.5) is 45.3 Å². The molecule has 0 radical (unpaired) electrons. The van der Waals surface area contributed by atoms with E-state index in [0.29, 0.717) is 0 Å². The smallest absolute Gasteiger partial charge is 0.475 e. The molecule has 3 N–H and O–H groups in total. The van der Waals surface area contributed by atoms with E-state index in [2.05, 4.69) is 45.0 Å². The lowest BCUT2D eigenvalue weighted by atomic mass is 10.1. The number of carboxylic acids is 3. The molecule has 45 heavy (non-hydrogen) atoms. The Morgan fingerprint density at radius 3 is 1.73 bits per heavy atom. The highest BCUT2D eigenvalue weighted by Gasteiger charge is 2.39. The Balaban J connectivity index is 0.000000753. The average Bonchev–Trinajstić information content (AvgIpc) is 3.10. The number of carbonyl (C=O) groups is 3. The monoisotopic (exact) mass is 671 g/mol. The number of rotatable bonds is 5. The molecule has 2 aromatic heterocycles. The van der Waals surface area contributed by atoms with Crippen LogP contribution in [0, 0.1) is 13.8 Å². The summed E-state index contributed by atoms with van der Waals surface area (Å²) < 4.78 is 101. The topological polar surface area (TPSA) is 161 Å². The largest absolute Gasteiger partial charge is 0.490 e. The van der Waals surface area contributed by atoms with Crippen molar-refractivity contribution in [1.29, 1.82) is 0 Å². The zero-order valence-corrected chi connectivity index (χ0v) is 24.1. The van der Waals surface area contributed by atoms with Gasteiger partial charge in [0, 0.05) is 56.6 Å². The number of likely N-dealkylation sites (N-methyl/N-ethyl adjacent to an activating group) is 1. The molecular weight excluding hydrogens is 641 g/mol. The molecule has 3 heterocycles. The zero-order valence-electron chi connectivity index (χ0n) is 24.1. The van der Waals surface area contributed by atoms with Gasteiger partial charge in [-0.2, -0.15) is 39.5 Å². The Kier molecular flexibility index (Phi) is 15.8. The predicted octanol–water partition coefficient (Wildman–Crippen LogP) is 3.97. The van der Waals surface area contributed by atoms with E-state index in [0.717, 1.165) is 56.5 Å². The normalized spacial score (nSPS) is 13.6. The van der Waals surface area contributed by atoms with Crippen molar-refractivity contribution in [2.24, 2.45) is 0 Å². The van der Waals surface area contributed by atoms with Crippen molar-refractivity contribution >= 4 is 23.7 Å². The quantitative estimate of drug-likeness (QED) is 0.393. The number of fused-ring (bicyclic) bond motifs is 1. The van der Waals surface area contributed by atoms with Crippen molar-refractivity contribution in [3.63, 3.8) is 0 Å². The van der Waals surface area contributed by atoms with Gasteiger partial charge < -0.3 is 29.6 Å². The molecule has 0 aromatic carbocycles. The minimum Gasteiger partial charge on any atom is -0.475 e. The molecule has 256 valence electrons. The van der Waals surface area contributed by atoms with Gasteiger partial charge >= 0.3 is 36.4 Å². The van der Waals surface area contributed by atoms with Gasteiger partial charge in [-0.25, -0.2) is 19.4 Å². The van der Waals surface area contributed by atoms with Crippen molar-refractivity contribution in [3.8, 4) is 0 Å². The van der Waals surface area contributed by atoms with Crippen LogP contribution in [0.25, 0.3) is 0 Å². The van der Waals surface area contributed by atoms with E-state index in [-0.39, 0.29) is 0 Å². The SMILES string of the molecule is Cc1noc(C)c1CN1CCN(CCN(C)C)c2ncccc2C1.O=C(O)C(F)(F)F.O=C(O)C(F)(F)F.O=C(O)C(F)(F)F. The van der Waals surface area contributed by atoms with Crippen molar-refractivity contribution in [2.45, 2.75) is 45.5 Å². The number of alkyl halides is 9. The van der Waals surface area contributed by atoms with Gasteiger partial charge in [-0.15, -0.1) is 0 Å². The number of halogens is 9. The number of carboxylic acid groups (broad SMARTS) is 3. The maximum absolute atomic E-state index is 10.6. The van der Waals surface area contributed by atoms with E-state index in [1.807, 2.05) is 26.1 Å². The number of hydrogen-bond acceptors (Lipinski definition) is 9. The molecule has 0 saturated heterocycles. The Hall–Kier alpha value is -4.14. The molecule has 3 rings (SSSR count). The van der Waals surface area contributed by atoms with Gasteiger partial charge in [0.25, 0.3) is 0 Å². The first-order valence-corrected chi connectivity index (χ1v) is 12.3. The number of hydrogen-bond donors (Lipinski definition) is 3. The third-order valence-electron chi connectivity index (χ3n) is 5.35. The first-order valence-electron chi connectivity index (χ1n) is 12.3. The van der Waals surface area contributed by atoms with Crippen molar-refractivity contribution < 1.29 is 73.7 Å². The van der Waals surface area contributed by atoms with Crippen LogP contribution in [0.15, 0.2) is 22.9 Å². The lowest BCUT2D eigenvalue weighted by molar-refractivity contribution is -0.193. The predicted molar refractivity (Wildman–Crippen MR) is 136 cm³/mol. The molecule has 2 aromatic rings. The number of aryl methyl sites for hydroxylation is 2. The van der Waals surface area contributed by atoms with E-state index in [9.17, 15) is 39.5 Å². The summed E-state index contributed by atoms with van der Waals surface area (Å²) in [6.45, 7) is 9.81. The van der Waals surface area contributed by atoms with Crippen LogP contribution >= 0.6 is 0 Å². The van der Waals surface area contributed by atoms with E-state index >= 15 is 0 Å². The van der Waals surface area contributed by atoms with Gasteiger partial charge in [0.1, 0.15) is 11.6 Å². The first kappa shape index (κ1) is 40.9. The Bertz CT molecular complexity index is 1170. The minimum atomic E-state index is -5.08. The number of anilines is 1. The lowest BCUT2D eigenvalue weighted by Crippen LogP contribution is -2.36. The summed E-state index contributed by atoms with van der Waals surface area (Å²) in [7, 11) is 4.22. The molecule has 1 aliphatic heterocycles. The second-order valence-corrected chi connectivity index (χ2v) is 9.20. The van der Waals surface area contributed by atoms with Gasteiger partial charge in [-0.1, -0.05) is 11.2 Å². The van der Waals surface area contributed by atoms with Crippen LogP contribution in [0.3, 0.4) is 0 Å². The van der Waals surface area contributed by atoms with Crippen molar-refractivity contribution in [1.82, 2.24) is 19.9 Å². The van der Waals surface area contributed by atoms with Gasteiger partial charge in [0.2, 0.25) is 0 Å². The third kappa shape index (κ3) is 15.9. The molecule has 0 amide bonds. The van der Waals surface area contributed by atoms with Crippen LogP contribution in [-0.2, 0) is 27.5 Å². The molecule has 0 unspecified atom stereocenters. The fourth-order valence-corrected chi connectivity index (χ4v) is 3.15. The van der Waals surface area contributed by atoms with Crippen LogP contribution in [0.5, 0.6) is 0 Å². The summed E-state index contributed by atoms with van der Waals surface area (Å²) in [5.41, 5.74) is 3.50. The highest BCUT2D eigenvalue weighted by atomic mass is 19.4. The molecule has 0 saturated carbocycles. The number of nitrogens with zero attached hydrogens (tertiary/aromatic N) is 5. The second kappa shape index (κ2) is 17.4. The van der Waals surface area contributed by atoms with Gasteiger partial charge in [0.05, 0.1) is 5.69 Å². The van der Waals surface area contributed by atoms with E-state index in [4.69, 9.17) is 34.2 Å². The fraction of sp³-hybridized carbons (Fsp3) is 0.542. The molecular formula is C24H30F9N5O7. The molecule has 0 atom stereocenters. The summed E-state index contributed by atoms with van der Waals surface area (Å²) in [6, 6.07) is 4.22. The molecule has 21 heteroatoms. The Morgan fingerprint density at radius 2 is 1.36 bits per heavy atom. The molecule has 12 nitrogen and oxygen atoms in total. The van der Waals surface area contributed by atoms with Crippen molar-refractivity contribution in [3.05, 3.63) is 40.9 Å². The maximum Gasteiger partial charge on any atom is 0.490 e. The summed E-state index contributed by atoms with van der Waals surface area (Å²) in [5.74, 6) is -6.22. The van der Waals surface area contributed by atoms with E-state index < -0.39 is 36.4 Å². The van der Waals surface area contributed by atoms with E-state index in [1.165, 1.54) is 11.1 Å². The Morgan fingerprint density at radius 1 is 0.889 bits per heavy atom.